The Morgan fingerprint density at radius 2 is 0.439 bits per heavy atom. The molecule has 0 bridgehead atoms. The van der Waals surface area contributed by atoms with E-state index in [2.05, 4.69) is 170 Å². The second kappa shape index (κ2) is 17.1. The lowest BCUT2D eigenvalue weighted by atomic mass is 9.76. The Morgan fingerprint density at radius 3 is 0.682 bits per heavy atom. The molecular formula is C64H46O2. The summed E-state index contributed by atoms with van der Waals surface area (Å²) < 4.78 is 0. The van der Waals surface area contributed by atoms with E-state index in [1.807, 2.05) is 97.1 Å². The third kappa shape index (κ3) is 7.29. The van der Waals surface area contributed by atoms with Crippen molar-refractivity contribution in [2.75, 3.05) is 0 Å². The lowest BCUT2D eigenvalue weighted by molar-refractivity contribution is 0.127. The molecule has 0 atom stereocenters. The maximum Gasteiger partial charge on any atom is 0.141 e. The Kier molecular flexibility index (Phi) is 10.5. The maximum absolute atomic E-state index is 13.6. The zero-order valence-corrected chi connectivity index (χ0v) is 36.3. The van der Waals surface area contributed by atoms with Crippen LogP contribution in [0.2, 0.25) is 0 Å². The minimum absolute atomic E-state index is 0.767. The highest BCUT2D eigenvalue weighted by Gasteiger charge is 2.38. The third-order valence-corrected chi connectivity index (χ3v) is 13.3. The van der Waals surface area contributed by atoms with Gasteiger partial charge >= 0.3 is 0 Å². The van der Waals surface area contributed by atoms with Crippen molar-refractivity contribution in [1.82, 2.24) is 0 Å². The second-order valence-electron chi connectivity index (χ2n) is 17.1. The highest BCUT2D eigenvalue weighted by Crippen LogP contribution is 2.45. The standard InChI is InChI=1S/C64H46O2/c65-63(55-35-27-49(28-36-55)45-15-5-1-6-16-45,56-37-29-50(30-38-56)46-17-7-2-8-18-46)61-25-13-23-53-44-60-54(43-59(53)61)24-14-26-62(60)64(66,57-39-31-51(32-40-57)47-19-9-3-10-20-47)58-41-33-52(34-42-58)48-21-11-4-12-22-48/h1-44,65-66H. The molecule has 0 aliphatic carbocycles. The molecule has 11 aromatic rings. The monoisotopic (exact) mass is 846 g/mol. The van der Waals surface area contributed by atoms with Gasteiger partial charge in [-0.15, -0.1) is 0 Å². The SMILES string of the molecule is OC(c1ccc(-c2ccccc2)cc1)(c1ccc(-c2ccccc2)cc1)c1cccc2cc3c(C(O)(c4ccc(-c5ccccc5)cc4)c4ccc(-c5ccccc5)cc4)cccc3cc12. The summed E-state index contributed by atoms with van der Waals surface area (Å²) in [4.78, 5) is 0. The summed E-state index contributed by atoms with van der Waals surface area (Å²) in [7, 11) is 0. The van der Waals surface area contributed by atoms with Crippen LogP contribution < -0.4 is 0 Å². The van der Waals surface area contributed by atoms with Gasteiger partial charge in [0.05, 0.1) is 0 Å². The lowest BCUT2D eigenvalue weighted by Gasteiger charge is -2.33. The molecule has 0 aromatic heterocycles. The number of hydrogen-bond acceptors (Lipinski definition) is 2. The second-order valence-corrected chi connectivity index (χ2v) is 17.1. The van der Waals surface area contributed by atoms with Crippen LogP contribution in [0.3, 0.4) is 0 Å². The van der Waals surface area contributed by atoms with E-state index in [1.54, 1.807) is 0 Å². The quantitative estimate of drug-likeness (QED) is 0.106. The van der Waals surface area contributed by atoms with Gasteiger partial charge in [0.2, 0.25) is 0 Å². The summed E-state index contributed by atoms with van der Waals surface area (Å²) in [5, 5.41) is 30.9. The van der Waals surface area contributed by atoms with E-state index in [4.69, 9.17) is 0 Å². The Bertz CT molecular complexity index is 3020. The Balaban J connectivity index is 1.08. The van der Waals surface area contributed by atoms with Crippen molar-refractivity contribution < 1.29 is 10.2 Å². The highest BCUT2D eigenvalue weighted by molar-refractivity contribution is 6.02. The molecular weight excluding hydrogens is 801 g/mol. The van der Waals surface area contributed by atoms with Gasteiger partial charge in [-0.25, -0.2) is 0 Å². The normalized spacial score (nSPS) is 11.8. The van der Waals surface area contributed by atoms with E-state index >= 15 is 0 Å². The van der Waals surface area contributed by atoms with E-state index < -0.39 is 11.2 Å². The van der Waals surface area contributed by atoms with Crippen LogP contribution in [0, 0.1) is 0 Å². The molecule has 11 rings (SSSR count). The predicted octanol–water partition coefficient (Wildman–Crippen LogP) is 15.2. The largest absolute Gasteiger partial charge is 0.376 e. The first kappa shape index (κ1) is 40.6. The molecule has 0 heterocycles. The molecule has 0 aliphatic heterocycles. The van der Waals surface area contributed by atoms with Gasteiger partial charge in [0, 0.05) is 11.1 Å². The first-order valence-electron chi connectivity index (χ1n) is 22.5. The van der Waals surface area contributed by atoms with Crippen LogP contribution in [0.4, 0.5) is 0 Å². The molecule has 0 unspecified atom stereocenters. The van der Waals surface area contributed by atoms with Crippen molar-refractivity contribution >= 4 is 21.5 Å². The van der Waals surface area contributed by atoms with Crippen molar-refractivity contribution in [3.63, 3.8) is 0 Å². The van der Waals surface area contributed by atoms with Crippen molar-refractivity contribution in [2.24, 2.45) is 0 Å². The molecule has 0 fully saturated rings. The fraction of sp³-hybridized carbons (Fsp3) is 0.0312. The number of hydrogen-bond donors (Lipinski definition) is 2. The summed E-state index contributed by atoms with van der Waals surface area (Å²) in [6.45, 7) is 0. The summed E-state index contributed by atoms with van der Waals surface area (Å²) in [5.41, 5.74) is 10.4. The first-order chi connectivity index (χ1) is 32.5. The van der Waals surface area contributed by atoms with Crippen LogP contribution in [0.15, 0.2) is 267 Å². The molecule has 2 heteroatoms. The highest BCUT2D eigenvalue weighted by atomic mass is 16.3. The van der Waals surface area contributed by atoms with E-state index in [1.165, 1.54) is 0 Å². The van der Waals surface area contributed by atoms with Crippen LogP contribution in [-0.4, -0.2) is 10.2 Å². The van der Waals surface area contributed by atoms with Crippen LogP contribution in [0.1, 0.15) is 33.4 Å². The molecule has 0 amide bonds. The molecule has 314 valence electrons. The molecule has 0 saturated heterocycles. The van der Waals surface area contributed by atoms with E-state index in [0.717, 1.165) is 99.4 Å². The molecule has 11 aromatic carbocycles. The average molecular weight is 847 g/mol. The number of rotatable bonds is 10. The summed E-state index contributed by atoms with van der Waals surface area (Å²) in [6.07, 6.45) is 0. The van der Waals surface area contributed by atoms with E-state index in [-0.39, 0.29) is 0 Å². The van der Waals surface area contributed by atoms with Crippen LogP contribution in [0.5, 0.6) is 0 Å². The minimum atomic E-state index is -1.52. The Morgan fingerprint density at radius 1 is 0.212 bits per heavy atom. The number of fused-ring (bicyclic) bond motifs is 2. The maximum atomic E-state index is 13.6. The summed E-state index contributed by atoms with van der Waals surface area (Å²) >= 11 is 0. The minimum Gasteiger partial charge on any atom is -0.376 e. The van der Waals surface area contributed by atoms with Crippen molar-refractivity contribution in [3.05, 3.63) is 300 Å². The van der Waals surface area contributed by atoms with Gasteiger partial charge < -0.3 is 10.2 Å². The lowest BCUT2D eigenvalue weighted by Crippen LogP contribution is -2.29. The van der Waals surface area contributed by atoms with Crippen molar-refractivity contribution in [2.45, 2.75) is 11.2 Å². The van der Waals surface area contributed by atoms with E-state index in [9.17, 15) is 10.2 Å². The first-order valence-corrected chi connectivity index (χ1v) is 22.5. The van der Waals surface area contributed by atoms with E-state index in [0.29, 0.717) is 0 Å². The van der Waals surface area contributed by atoms with Crippen LogP contribution >= 0.6 is 0 Å². The Hall–Kier alpha value is -8.14. The van der Waals surface area contributed by atoms with Gasteiger partial charge in [0.15, 0.2) is 0 Å². The van der Waals surface area contributed by atoms with Gasteiger partial charge in [-0.3, -0.25) is 0 Å². The number of aliphatic hydroxyl groups is 2. The van der Waals surface area contributed by atoms with Gasteiger partial charge in [0.1, 0.15) is 11.2 Å². The smallest absolute Gasteiger partial charge is 0.141 e. The molecule has 0 saturated carbocycles. The fourth-order valence-electron chi connectivity index (χ4n) is 9.78. The topological polar surface area (TPSA) is 40.5 Å². The van der Waals surface area contributed by atoms with Crippen molar-refractivity contribution in [1.29, 1.82) is 0 Å². The molecule has 0 radical (unpaired) electrons. The molecule has 2 nitrogen and oxygen atoms in total. The van der Waals surface area contributed by atoms with Gasteiger partial charge in [-0.1, -0.05) is 255 Å². The molecule has 0 spiro atoms. The zero-order valence-electron chi connectivity index (χ0n) is 36.3. The summed E-state index contributed by atoms with van der Waals surface area (Å²) in [5.74, 6) is 0. The molecule has 0 aliphatic rings. The summed E-state index contributed by atoms with van der Waals surface area (Å²) in [6, 6.07) is 91.2. The van der Waals surface area contributed by atoms with Gasteiger partial charge in [0.25, 0.3) is 0 Å². The van der Waals surface area contributed by atoms with Crippen LogP contribution in [-0.2, 0) is 11.2 Å². The fourth-order valence-corrected chi connectivity index (χ4v) is 9.78. The average Bonchev–Trinajstić information content (AvgIpc) is 3.40. The molecule has 2 N–H and O–H groups in total. The van der Waals surface area contributed by atoms with Gasteiger partial charge in [-0.2, -0.15) is 0 Å². The number of benzene rings is 11. The Labute approximate surface area is 386 Å². The van der Waals surface area contributed by atoms with Gasteiger partial charge in [-0.05, 0) is 100 Å². The van der Waals surface area contributed by atoms with Crippen molar-refractivity contribution in [3.8, 4) is 44.5 Å². The third-order valence-electron chi connectivity index (χ3n) is 13.3. The molecule has 66 heavy (non-hydrogen) atoms. The predicted molar refractivity (Wildman–Crippen MR) is 273 cm³/mol. The zero-order chi connectivity index (χ0) is 44.5. The van der Waals surface area contributed by atoms with Crippen LogP contribution in [0.25, 0.3) is 66.1 Å².